The van der Waals surface area contributed by atoms with Crippen LogP contribution in [-0.4, -0.2) is 41.0 Å². The molecular weight excluding hydrogens is 460 g/mol. The summed E-state index contributed by atoms with van der Waals surface area (Å²) in [5, 5.41) is 3.45. The number of carbonyl (C=O) groups is 1. The number of anilines is 1. The summed E-state index contributed by atoms with van der Waals surface area (Å²) >= 11 is 1.25. The number of aromatic nitrogens is 2. The Labute approximate surface area is 208 Å². The largest absolute Gasteiger partial charge is 0.494 e. The maximum atomic E-state index is 13.0. The number of rotatable bonds is 9. The van der Waals surface area contributed by atoms with E-state index < -0.39 is 0 Å². The van der Waals surface area contributed by atoms with Crippen LogP contribution in [0.25, 0.3) is 10.2 Å². The molecule has 0 unspecified atom stereocenters. The van der Waals surface area contributed by atoms with E-state index in [0.717, 1.165) is 35.5 Å². The fourth-order valence-corrected chi connectivity index (χ4v) is 5.08. The molecule has 0 aliphatic heterocycles. The molecule has 7 nitrogen and oxygen atoms in total. The van der Waals surface area contributed by atoms with Crippen LogP contribution in [0.5, 0.6) is 5.75 Å². The van der Waals surface area contributed by atoms with Gasteiger partial charge in [0.25, 0.3) is 11.5 Å². The Morgan fingerprint density at radius 1 is 1.14 bits per heavy atom. The van der Waals surface area contributed by atoms with Crippen LogP contribution in [0.4, 0.5) is 5.69 Å². The van der Waals surface area contributed by atoms with Crippen molar-refractivity contribution in [1.29, 1.82) is 0 Å². The van der Waals surface area contributed by atoms with Crippen molar-refractivity contribution in [2.24, 2.45) is 0 Å². The first-order valence-corrected chi connectivity index (χ1v) is 12.4. The highest BCUT2D eigenvalue weighted by Gasteiger charge is 2.20. The van der Waals surface area contributed by atoms with Crippen LogP contribution in [0, 0.1) is 20.8 Å². The minimum absolute atomic E-state index is 0.217. The number of amides is 1. The van der Waals surface area contributed by atoms with Gasteiger partial charge in [-0.3, -0.25) is 14.5 Å². The third kappa shape index (κ3) is 5.96. The predicted octanol–water partition coefficient (Wildman–Crippen LogP) is 5.06. The Kier molecular flexibility index (Phi) is 7.63. The second-order valence-electron chi connectivity index (χ2n) is 8.77. The summed E-state index contributed by atoms with van der Waals surface area (Å²) in [7, 11) is 1.98. The van der Waals surface area contributed by atoms with Crippen LogP contribution in [0.2, 0.25) is 0 Å². The van der Waals surface area contributed by atoms with E-state index in [1.807, 2.05) is 69.4 Å². The molecule has 182 valence electrons. The zero-order valence-corrected chi connectivity index (χ0v) is 21.3. The molecule has 2 aromatic heterocycles. The number of aromatic amines is 1. The van der Waals surface area contributed by atoms with Gasteiger partial charge in [0, 0.05) is 12.2 Å². The molecular formula is C27H30N4O3S. The van der Waals surface area contributed by atoms with Crippen LogP contribution in [0.3, 0.4) is 0 Å². The third-order valence-electron chi connectivity index (χ3n) is 5.80. The zero-order chi connectivity index (χ0) is 24.9. The van der Waals surface area contributed by atoms with E-state index in [-0.39, 0.29) is 11.5 Å². The highest BCUT2D eigenvalue weighted by Crippen LogP contribution is 2.28. The number of carbonyl (C=O) groups excluding carboxylic acids is 1. The lowest BCUT2D eigenvalue weighted by Crippen LogP contribution is -2.24. The number of benzene rings is 2. The summed E-state index contributed by atoms with van der Waals surface area (Å²) in [6, 6.07) is 15.6. The van der Waals surface area contributed by atoms with Crippen molar-refractivity contribution in [2.75, 3.05) is 25.5 Å². The fourth-order valence-electron chi connectivity index (χ4n) is 3.99. The molecule has 0 saturated carbocycles. The van der Waals surface area contributed by atoms with Crippen molar-refractivity contribution in [3.8, 4) is 5.75 Å². The Morgan fingerprint density at radius 3 is 2.66 bits per heavy atom. The number of para-hydroxylation sites is 1. The summed E-state index contributed by atoms with van der Waals surface area (Å²) in [6.07, 6.45) is 0.846. The van der Waals surface area contributed by atoms with E-state index in [1.165, 1.54) is 11.3 Å². The number of aryl methyl sites for hydroxylation is 3. The van der Waals surface area contributed by atoms with E-state index in [9.17, 15) is 9.59 Å². The quantitative estimate of drug-likeness (QED) is 0.320. The van der Waals surface area contributed by atoms with Gasteiger partial charge in [-0.05, 0) is 63.6 Å². The van der Waals surface area contributed by atoms with Gasteiger partial charge >= 0.3 is 0 Å². The van der Waals surface area contributed by atoms with Gasteiger partial charge in [0.1, 0.15) is 16.4 Å². The molecule has 0 saturated heterocycles. The first-order chi connectivity index (χ1) is 16.8. The molecule has 8 heteroatoms. The van der Waals surface area contributed by atoms with Gasteiger partial charge in [0.15, 0.2) is 0 Å². The van der Waals surface area contributed by atoms with E-state index in [1.54, 1.807) is 6.92 Å². The summed E-state index contributed by atoms with van der Waals surface area (Å²) in [5.74, 6) is 1.21. The molecule has 1 amide bonds. The molecule has 2 N–H and O–H groups in total. The van der Waals surface area contributed by atoms with Crippen LogP contribution < -0.4 is 15.6 Å². The molecule has 35 heavy (non-hydrogen) atoms. The highest BCUT2D eigenvalue weighted by atomic mass is 32.1. The minimum Gasteiger partial charge on any atom is -0.494 e. The third-order valence-corrected chi connectivity index (χ3v) is 6.99. The Morgan fingerprint density at radius 2 is 1.91 bits per heavy atom. The van der Waals surface area contributed by atoms with Crippen molar-refractivity contribution in [2.45, 2.75) is 33.7 Å². The lowest BCUT2D eigenvalue weighted by atomic mass is 10.1. The number of hydrogen-bond acceptors (Lipinski definition) is 6. The maximum absolute atomic E-state index is 13.0. The molecule has 0 bridgehead atoms. The molecule has 4 aromatic rings. The number of H-pyrrole nitrogens is 1. The van der Waals surface area contributed by atoms with Crippen molar-refractivity contribution in [1.82, 2.24) is 14.9 Å². The van der Waals surface area contributed by atoms with E-state index in [0.29, 0.717) is 39.6 Å². The molecule has 4 rings (SSSR count). The lowest BCUT2D eigenvalue weighted by molar-refractivity contribution is 0.103. The monoisotopic (exact) mass is 490 g/mol. The van der Waals surface area contributed by atoms with Crippen LogP contribution in [0.15, 0.2) is 53.3 Å². The summed E-state index contributed by atoms with van der Waals surface area (Å²) in [4.78, 5) is 36.6. The topological polar surface area (TPSA) is 87.3 Å². The van der Waals surface area contributed by atoms with Crippen molar-refractivity contribution >= 4 is 33.1 Å². The second-order valence-corrected chi connectivity index (χ2v) is 9.77. The van der Waals surface area contributed by atoms with Gasteiger partial charge in [0.2, 0.25) is 0 Å². The molecule has 2 heterocycles. The molecule has 0 fully saturated rings. The van der Waals surface area contributed by atoms with Gasteiger partial charge in [-0.15, -0.1) is 11.3 Å². The average Bonchev–Trinajstić information content (AvgIpc) is 3.16. The van der Waals surface area contributed by atoms with Crippen LogP contribution in [0.1, 0.15) is 38.6 Å². The summed E-state index contributed by atoms with van der Waals surface area (Å²) < 4.78 is 5.74. The first-order valence-electron chi connectivity index (χ1n) is 11.6. The van der Waals surface area contributed by atoms with Gasteiger partial charge in [-0.2, -0.15) is 0 Å². The summed E-state index contributed by atoms with van der Waals surface area (Å²) in [6.45, 7) is 7.67. The van der Waals surface area contributed by atoms with Crippen molar-refractivity contribution in [3.05, 3.63) is 86.3 Å². The number of thiophene rings is 1. The number of fused-ring (bicyclic) bond motifs is 1. The van der Waals surface area contributed by atoms with Crippen LogP contribution >= 0.6 is 11.3 Å². The van der Waals surface area contributed by atoms with Gasteiger partial charge < -0.3 is 15.0 Å². The number of nitrogens with one attached hydrogen (secondary N) is 2. The van der Waals surface area contributed by atoms with E-state index in [2.05, 4.69) is 20.2 Å². The van der Waals surface area contributed by atoms with E-state index in [4.69, 9.17) is 4.74 Å². The standard InChI is InChI=1S/C27H30N4O3S/c1-17-11-12-21(18(2)15-17)28-26(33)24-19(3)23-25(32)29-22(30-27(23)35-24)16-31(4)13-8-14-34-20-9-6-5-7-10-20/h5-7,9-12,15H,8,13-14,16H2,1-4H3,(H,28,33)(H,29,30,32). The maximum Gasteiger partial charge on any atom is 0.266 e. The second kappa shape index (κ2) is 10.8. The molecule has 0 radical (unpaired) electrons. The van der Waals surface area contributed by atoms with E-state index >= 15 is 0 Å². The number of hydrogen-bond donors (Lipinski definition) is 2. The predicted molar refractivity (Wildman–Crippen MR) is 142 cm³/mol. The van der Waals surface area contributed by atoms with Gasteiger partial charge in [-0.25, -0.2) is 4.98 Å². The lowest BCUT2D eigenvalue weighted by Gasteiger charge is -2.16. The molecule has 0 aliphatic carbocycles. The Balaban J connectivity index is 1.42. The Bertz CT molecular complexity index is 1400. The Hall–Kier alpha value is -3.49. The van der Waals surface area contributed by atoms with Crippen molar-refractivity contribution < 1.29 is 9.53 Å². The normalized spacial score (nSPS) is 11.2. The fraction of sp³-hybridized carbons (Fsp3) is 0.296. The van der Waals surface area contributed by atoms with Gasteiger partial charge in [0.05, 0.1) is 23.4 Å². The molecule has 0 atom stereocenters. The molecule has 0 spiro atoms. The first kappa shape index (κ1) is 24.6. The molecule has 0 aliphatic rings. The SMILES string of the molecule is Cc1ccc(NC(=O)c2sc3nc(CN(C)CCCOc4ccccc4)[nH]c(=O)c3c2C)c(C)c1. The van der Waals surface area contributed by atoms with Gasteiger partial charge in [-0.1, -0.05) is 35.9 Å². The average molecular weight is 491 g/mol. The number of ether oxygens (including phenoxy) is 1. The number of nitrogens with zero attached hydrogens (tertiary/aromatic N) is 2. The summed E-state index contributed by atoms with van der Waals surface area (Å²) in [5.41, 5.74) is 3.32. The van der Waals surface area contributed by atoms with Crippen LogP contribution in [-0.2, 0) is 6.54 Å². The van der Waals surface area contributed by atoms with Crippen molar-refractivity contribution in [3.63, 3.8) is 0 Å². The molecule has 2 aromatic carbocycles. The highest BCUT2D eigenvalue weighted by molar-refractivity contribution is 7.20. The minimum atomic E-state index is -0.228. The zero-order valence-electron chi connectivity index (χ0n) is 20.5. The smallest absolute Gasteiger partial charge is 0.266 e.